The third-order valence-electron chi connectivity index (χ3n) is 4.85. The summed E-state index contributed by atoms with van der Waals surface area (Å²) in [4.78, 5) is 48.4. The molecule has 12 nitrogen and oxygen atoms in total. The summed E-state index contributed by atoms with van der Waals surface area (Å²) in [6.07, 6.45) is -3.70. The predicted molar refractivity (Wildman–Crippen MR) is 109 cm³/mol. The van der Waals surface area contributed by atoms with E-state index in [4.69, 9.17) is 18.9 Å². The van der Waals surface area contributed by atoms with Crippen molar-refractivity contribution in [2.45, 2.75) is 37.5 Å². The number of carbonyl (C=O) groups is 1. The SMILES string of the molecule is COC1C(OC(=O)c2ccccc2)C(OC(C)P(=O)(O)OC)OC1n1ccc(=O)[nH]c1=O. The Hall–Kier alpha value is -2.60. The average Bonchev–Trinajstić information content (AvgIpc) is 3.10. The predicted octanol–water partition coefficient (Wildman–Crippen LogP) is 0.827. The van der Waals surface area contributed by atoms with Crippen LogP contribution in [0.15, 0.2) is 52.2 Å². The van der Waals surface area contributed by atoms with Gasteiger partial charge in [0.05, 0.1) is 5.56 Å². The Morgan fingerprint density at radius 1 is 1.19 bits per heavy atom. The molecule has 1 aliphatic rings. The molecule has 3 rings (SSSR count). The highest BCUT2D eigenvalue weighted by atomic mass is 31.2. The van der Waals surface area contributed by atoms with Gasteiger partial charge in [0.15, 0.2) is 18.2 Å². The smallest absolute Gasteiger partial charge is 0.356 e. The minimum atomic E-state index is -4.17. The Bertz CT molecular complexity index is 1100. The van der Waals surface area contributed by atoms with Gasteiger partial charge in [0.2, 0.25) is 6.29 Å². The van der Waals surface area contributed by atoms with Crippen LogP contribution in [-0.4, -0.2) is 59.0 Å². The van der Waals surface area contributed by atoms with Crippen molar-refractivity contribution < 1.29 is 37.7 Å². The molecular weight excluding hydrogens is 447 g/mol. The quantitative estimate of drug-likeness (QED) is 0.418. The van der Waals surface area contributed by atoms with E-state index in [1.54, 1.807) is 18.2 Å². The minimum Gasteiger partial charge on any atom is -0.450 e. The van der Waals surface area contributed by atoms with Crippen molar-refractivity contribution in [1.29, 1.82) is 0 Å². The number of hydrogen-bond donors (Lipinski definition) is 2. The van der Waals surface area contributed by atoms with Crippen molar-refractivity contribution in [3.8, 4) is 0 Å². The summed E-state index contributed by atoms with van der Waals surface area (Å²) < 4.78 is 40.1. The number of ether oxygens (including phenoxy) is 4. The number of H-pyrrole nitrogens is 1. The first-order valence-electron chi connectivity index (χ1n) is 9.47. The number of aromatic nitrogens is 2. The third kappa shape index (κ3) is 5.07. The van der Waals surface area contributed by atoms with Crippen molar-refractivity contribution in [3.63, 3.8) is 0 Å². The number of methoxy groups -OCH3 is 1. The molecule has 1 aromatic heterocycles. The van der Waals surface area contributed by atoms with Crippen molar-refractivity contribution in [2.75, 3.05) is 14.2 Å². The van der Waals surface area contributed by atoms with Crippen LogP contribution >= 0.6 is 7.60 Å². The molecule has 1 aromatic carbocycles. The van der Waals surface area contributed by atoms with E-state index in [-0.39, 0.29) is 5.56 Å². The average molecular weight is 470 g/mol. The monoisotopic (exact) mass is 470 g/mol. The van der Waals surface area contributed by atoms with E-state index in [1.807, 2.05) is 0 Å². The van der Waals surface area contributed by atoms with Crippen LogP contribution in [-0.2, 0) is 28.0 Å². The van der Waals surface area contributed by atoms with Crippen molar-refractivity contribution >= 4 is 13.6 Å². The zero-order chi connectivity index (χ0) is 23.5. The molecule has 0 amide bonds. The van der Waals surface area contributed by atoms with Crippen LogP contribution in [0.4, 0.5) is 0 Å². The molecule has 0 spiro atoms. The Morgan fingerprint density at radius 3 is 2.47 bits per heavy atom. The maximum Gasteiger partial charge on any atom is 0.356 e. The molecule has 2 aromatic rings. The van der Waals surface area contributed by atoms with Gasteiger partial charge in [-0.1, -0.05) is 18.2 Å². The lowest BCUT2D eigenvalue weighted by atomic mass is 10.2. The number of esters is 1. The summed E-state index contributed by atoms with van der Waals surface area (Å²) in [5.41, 5.74) is -1.17. The van der Waals surface area contributed by atoms with Crippen LogP contribution in [0, 0.1) is 0 Å². The van der Waals surface area contributed by atoms with E-state index in [0.29, 0.717) is 0 Å². The molecule has 1 saturated heterocycles. The van der Waals surface area contributed by atoms with Crippen LogP contribution in [0.1, 0.15) is 23.5 Å². The molecule has 2 N–H and O–H groups in total. The summed E-state index contributed by atoms with van der Waals surface area (Å²) in [5.74, 6) is -2.09. The summed E-state index contributed by atoms with van der Waals surface area (Å²) >= 11 is 0. The maximum atomic E-state index is 12.7. The number of carbonyl (C=O) groups excluding carboxylic acids is 1. The van der Waals surface area contributed by atoms with Gasteiger partial charge in [-0.15, -0.1) is 0 Å². The van der Waals surface area contributed by atoms with Crippen molar-refractivity contribution in [2.24, 2.45) is 0 Å². The Balaban J connectivity index is 1.95. The lowest BCUT2D eigenvalue weighted by Crippen LogP contribution is -2.41. The third-order valence-corrected chi connectivity index (χ3v) is 6.41. The van der Waals surface area contributed by atoms with E-state index in [9.17, 15) is 23.8 Å². The molecule has 13 heteroatoms. The second kappa shape index (κ2) is 9.90. The van der Waals surface area contributed by atoms with Crippen LogP contribution in [0.25, 0.3) is 0 Å². The van der Waals surface area contributed by atoms with E-state index >= 15 is 0 Å². The van der Waals surface area contributed by atoms with Crippen LogP contribution in [0.3, 0.4) is 0 Å². The van der Waals surface area contributed by atoms with E-state index in [2.05, 4.69) is 9.51 Å². The summed E-state index contributed by atoms with van der Waals surface area (Å²) in [6.45, 7) is 1.28. The fraction of sp³-hybridized carbons (Fsp3) is 0.421. The highest BCUT2D eigenvalue weighted by Crippen LogP contribution is 2.48. The van der Waals surface area contributed by atoms with Gasteiger partial charge in [-0.05, 0) is 19.1 Å². The Morgan fingerprint density at radius 2 is 1.88 bits per heavy atom. The molecule has 0 bridgehead atoms. The van der Waals surface area contributed by atoms with E-state index < -0.39 is 55.4 Å². The molecule has 1 aliphatic heterocycles. The summed E-state index contributed by atoms with van der Waals surface area (Å²) in [6, 6.07) is 9.20. The topological polar surface area (TPSA) is 155 Å². The normalized spacial score (nSPS) is 25.8. The molecule has 1 fully saturated rings. The van der Waals surface area contributed by atoms with E-state index in [0.717, 1.165) is 17.7 Å². The van der Waals surface area contributed by atoms with Crippen LogP contribution < -0.4 is 11.2 Å². The van der Waals surface area contributed by atoms with Crippen molar-refractivity contribution in [3.05, 3.63) is 69.0 Å². The van der Waals surface area contributed by atoms with Gasteiger partial charge in [0, 0.05) is 26.5 Å². The van der Waals surface area contributed by atoms with Gasteiger partial charge in [-0.2, -0.15) is 0 Å². The minimum absolute atomic E-state index is 0.239. The molecule has 6 atom stereocenters. The largest absolute Gasteiger partial charge is 0.450 e. The molecule has 2 heterocycles. The van der Waals surface area contributed by atoms with Crippen LogP contribution in [0.5, 0.6) is 0 Å². The number of nitrogens with zero attached hydrogens (tertiary/aromatic N) is 1. The molecule has 0 aliphatic carbocycles. The molecule has 6 unspecified atom stereocenters. The highest BCUT2D eigenvalue weighted by molar-refractivity contribution is 7.53. The number of nitrogens with one attached hydrogen (secondary N) is 1. The lowest BCUT2D eigenvalue weighted by Gasteiger charge is -2.26. The Labute approximate surface area is 182 Å². The van der Waals surface area contributed by atoms with Crippen molar-refractivity contribution in [1.82, 2.24) is 9.55 Å². The number of rotatable bonds is 8. The number of hydrogen-bond acceptors (Lipinski definition) is 9. The highest BCUT2D eigenvalue weighted by Gasteiger charge is 2.51. The Kier molecular flexibility index (Phi) is 7.44. The van der Waals surface area contributed by atoms with Gasteiger partial charge in [-0.25, -0.2) is 9.59 Å². The molecular formula is C19H23N2O10P. The fourth-order valence-corrected chi connectivity index (χ4v) is 3.70. The molecule has 0 saturated carbocycles. The fourth-order valence-electron chi connectivity index (χ4n) is 3.13. The van der Waals surface area contributed by atoms with Gasteiger partial charge < -0.3 is 28.4 Å². The van der Waals surface area contributed by atoms with Crippen LogP contribution in [0.2, 0.25) is 0 Å². The molecule has 32 heavy (non-hydrogen) atoms. The van der Waals surface area contributed by atoms with E-state index in [1.165, 1.54) is 32.4 Å². The number of benzene rings is 1. The first-order valence-corrected chi connectivity index (χ1v) is 11.1. The standard InChI is InChI=1S/C19H23N2O10P/c1-11(32(25,26)28-3)29-18-15(30-17(23)12-7-5-4-6-8-12)14(27-2)16(31-18)21-10-9-13(22)20-19(21)24/h4-11,14-16,18H,1-3H3,(H,25,26)(H,20,22,24). The van der Waals surface area contributed by atoms with Gasteiger partial charge in [0.25, 0.3) is 5.56 Å². The van der Waals surface area contributed by atoms with Gasteiger partial charge >= 0.3 is 19.3 Å². The zero-order valence-corrected chi connectivity index (χ0v) is 18.3. The number of aromatic amines is 1. The van der Waals surface area contributed by atoms with Gasteiger partial charge in [-0.3, -0.25) is 18.9 Å². The van der Waals surface area contributed by atoms with Gasteiger partial charge in [0.1, 0.15) is 6.10 Å². The second-order valence-electron chi connectivity index (χ2n) is 6.83. The lowest BCUT2D eigenvalue weighted by molar-refractivity contribution is -0.186. The zero-order valence-electron chi connectivity index (χ0n) is 17.4. The molecule has 0 radical (unpaired) electrons. The molecule has 174 valence electrons. The first kappa shape index (κ1) is 24.1. The summed E-state index contributed by atoms with van der Waals surface area (Å²) in [7, 11) is -1.82. The maximum absolute atomic E-state index is 12.7. The summed E-state index contributed by atoms with van der Waals surface area (Å²) in [5, 5.41) is 0. The first-order chi connectivity index (χ1) is 15.2. The second-order valence-corrected chi connectivity index (χ2v) is 9.05.